The molecule has 8 aromatic rings. The molecular weight excluding hydrogens is 639 g/mol. The summed E-state index contributed by atoms with van der Waals surface area (Å²) >= 11 is 1.77. The molecule has 250 valence electrons. The van der Waals surface area contributed by atoms with Crippen molar-refractivity contribution in [1.29, 1.82) is 0 Å². The molecule has 1 aromatic heterocycles. The molecule has 7 aromatic carbocycles. The quantitative estimate of drug-likeness (QED) is 0.169. The predicted molar refractivity (Wildman–Crippen MR) is 221 cm³/mol. The van der Waals surface area contributed by atoms with Gasteiger partial charge in [0.1, 0.15) is 5.01 Å². The molecule has 3 heterocycles. The fourth-order valence-corrected chi connectivity index (χ4v) is 9.69. The van der Waals surface area contributed by atoms with Gasteiger partial charge in [-0.1, -0.05) is 91.0 Å². The predicted octanol–water partition coefficient (Wildman–Crippen LogP) is 12.7. The van der Waals surface area contributed by atoms with E-state index < -0.39 is 0 Å². The van der Waals surface area contributed by atoms with Gasteiger partial charge in [-0.15, -0.1) is 11.3 Å². The van der Waals surface area contributed by atoms with Crippen LogP contribution in [0.2, 0.25) is 0 Å². The minimum atomic E-state index is 1.07. The Labute approximate surface area is 303 Å². The number of thiazole rings is 1. The van der Waals surface area contributed by atoms with E-state index in [9.17, 15) is 0 Å². The van der Waals surface area contributed by atoms with Gasteiger partial charge in [0.2, 0.25) is 0 Å². The molecule has 10 rings (SSSR count). The van der Waals surface area contributed by atoms with Crippen LogP contribution in [0.5, 0.6) is 0 Å². The average Bonchev–Trinajstić information content (AvgIpc) is 3.65. The first-order chi connectivity index (χ1) is 25.3. The molecule has 0 bridgehead atoms. The fraction of sp³-hybridized carbons (Fsp3) is 0.213. The summed E-state index contributed by atoms with van der Waals surface area (Å²) in [6, 6.07) is 48.0. The van der Waals surface area contributed by atoms with Crippen LogP contribution in [0.25, 0.3) is 75.4 Å². The van der Waals surface area contributed by atoms with E-state index in [4.69, 9.17) is 4.98 Å². The third-order valence-electron chi connectivity index (χ3n) is 11.3. The number of aromatic nitrogens is 1. The number of rotatable bonds is 5. The first kappa shape index (κ1) is 30.6. The van der Waals surface area contributed by atoms with Crippen molar-refractivity contribution >= 4 is 65.2 Å². The summed E-state index contributed by atoms with van der Waals surface area (Å²) in [5, 5.41) is 8.95. The van der Waals surface area contributed by atoms with E-state index in [1.807, 2.05) is 0 Å². The molecule has 2 aliphatic rings. The van der Waals surface area contributed by atoms with Crippen molar-refractivity contribution in [3.63, 3.8) is 0 Å². The molecule has 0 amide bonds. The number of nitrogens with zero attached hydrogens (tertiary/aromatic N) is 3. The second kappa shape index (κ2) is 12.9. The summed E-state index contributed by atoms with van der Waals surface area (Å²) in [6.07, 6.45) is 7.69. The van der Waals surface area contributed by atoms with Crippen molar-refractivity contribution in [2.45, 2.75) is 38.5 Å². The van der Waals surface area contributed by atoms with Gasteiger partial charge in [0.15, 0.2) is 0 Å². The zero-order chi connectivity index (χ0) is 33.7. The molecule has 2 aliphatic heterocycles. The van der Waals surface area contributed by atoms with Crippen molar-refractivity contribution in [2.75, 3.05) is 36.0 Å². The molecule has 4 heteroatoms. The van der Waals surface area contributed by atoms with Gasteiger partial charge >= 0.3 is 0 Å². The molecule has 0 spiro atoms. The van der Waals surface area contributed by atoms with E-state index >= 15 is 0 Å². The SMILES string of the molecule is c1ccc2c(-c3c4ccc(N5CCCCC5)cc4c(-c4ccc(-c5nc6ccccc6s5)cc4)c4ccc(N5CCCCC5)cc34)cccc2c1. The van der Waals surface area contributed by atoms with E-state index in [2.05, 4.69) is 137 Å². The molecule has 0 aliphatic carbocycles. The third-order valence-corrected chi connectivity index (χ3v) is 12.4. The Bertz CT molecular complexity index is 2510. The topological polar surface area (TPSA) is 19.4 Å². The van der Waals surface area contributed by atoms with E-state index in [1.54, 1.807) is 11.3 Å². The highest BCUT2D eigenvalue weighted by Crippen LogP contribution is 2.48. The third kappa shape index (κ3) is 5.45. The lowest BCUT2D eigenvalue weighted by Gasteiger charge is -2.30. The first-order valence-corrected chi connectivity index (χ1v) is 19.6. The molecule has 2 saturated heterocycles. The summed E-state index contributed by atoms with van der Waals surface area (Å²) in [4.78, 5) is 10.2. The Hall–Kier alpha value is -5.19. The average molecular weight is 680 g/mol. The minimum absolute atomic E-state index is 1.07. The maximum atomic E-state index is 4.98. The van der Waals surface area contributed by atoms with Gasteiger partial charge < -0.3 is 9.80 Å². The van der Waals surface area contributed by atoms with Crippen LogP contribution in [0.1, 0.15) is 38.5 Å². The van der Waals surface area contributed by atoms with E-state index in [-0.39, 0.29) is 0 Å². The van der Waals surface area contributed by atoms with E-state index in [0.717, 1.165) is 36.7 Å². The molecule has 0 radical (unpaired) electrons. The van der Waals surface area contributed by atoms with Gasteiger partial charge in [-0.3, -0.25) is 0 Å². The highest BCUT2D eigenvalue weighted by atomic mass is 32.1. The number of benzene rings is 7. The van der Waals surface area contributed by atoms with Gasteiger partial charge in [0.05, 0.1) is 10.2 Å². The zero-order valence-corrected chi connectivity index (χ0v) is 29.8. The Balaban J connectivity index is 1.25. The van der Waals surface area contributed by atoms with Crippen molar-refractivity contribution < 1.29 is 0 Å². The van der Waals surface area contributed by atoms with Crippen molar-refractivity contribution in [2.24, 2.45) is 0 Å². The first-order valence-electron chi connectivity index (χ1n) is 18.8. The largest absolute Gasteiger partial charge is 0.372 e. The van der Waals surface area contributed by atoms with Gasteiger partial charge in [0, 0.05) is 43.1 Å². The van der Waals surface area contributed by atoms with Crippen LogP contribution in [0, 0.1) is 0 Å². The molecule has 0 saturated carbocycles. The highest BCUT2D eigenvalue weighted by Gasteiger charge is 2.22. The molecule has 0 atom stereocenters. The summed E-state index contributed by atoms with van der Waals surface area (Å²) in [6.45, 7) is 4.51. The minimum Gasteiger partial charge on any atom is -0.372 e. The number of piperidine rings is 2. The van der Waals surface area contributed by atoms with Crippen LogP contribution in [0.15, 0.2) is 127 Å². The maximum absolute atomic E-state index is 4.98. The Morgan fingerprint density at radius 1 is 0.451 bits per heavy atom. The summed E-state index contributed by atoms with van der Waals surface area (Å²) < 4.78 is 1.23. The smallest absolute Gasteiger partial charge is 0.124 e. The zero-order valence-electron chi connectivity index (χ0n) is 28.9. The lowest BCUT2D eigenvalue weighted by Crippen LogP contribution is -2.29. The maximum Gasteiger partial charge on any atom is 0.124 e. The highest BCUT2D eigenvalue weighted by molar-refractivity contribution is 7.21. The molecule has 51 heavy (non-hydrogen) atoms. The molecule has 2 fully saturated rings. The normalized spacial score (nSPS) is 15.4. The summed E-state index contributed by atoms with van der Waals surface area (Å²) in [7, 11) is 0. The monoisotopic (exact) mass is 679 g/mol. The van der Waals surface area contributed by atoms with Gasteiger partial charge in [-0.25, -0.2) is 4.98 Å². The molecular formula is C47H41N3S. The van der Waals surface area contributed by atoms with E-state index in [1.165, 1.54) is 115 Å². The molecule has 3 nitrogen and oxygen atoms in total. The Morgan fingerprint density at radius 2 is 1.04 bits per heavy atom. The number of hydrogen-bond acceptors (Lipinski definition) is 4. The second-order valence-electron chi connectivity index (χ2n) is 14.4. The number of fused-ring (bicyclic) bond motifs is 4. The Kier molecular flexibility index (Phi) is 7.71. The van der Waals surface area contributed by atoms with Gasteiger partial charge in [0.25, 0.3) is 0 Å². The van der Waals surface area contributed by atoms with Gasteiger partial charge in [-0.05, 0) is 129 Å². The number of anilines is 2. The van der Waals surface area contributed by atoms with Crippen LogP contribution in [-0.4, -0.2) is 31.2 Å². The lowest BCUT2D eigenvalue weighted by molar-refractivity contribution is 0.578. The lowest BCUT2D eigenvalue weighted by atomic mass is 9.84. The fourth-order valence-electron chi connectivity index (χ4n) is 8.72. The van der Waals surface area contributed by atoms with Crippen LogP contribution in [0.4, 0.5) is 11.4 Å². The standard InChI is InChI=1S/C47H41N3S/c1-7-26-49(27-8-1)35-23-25-40-41(30-35)45(33-18-20-34(21-19-33)47-48-43-16-5-6-17-44(43)51-47)39-24-22-36(50-28-9-2-10-29-50)31-42(39)46(40)38-15-11-13-32-12-3-4-14-37(32)38/h3-6,11-25,30-31H,1-2,7-10,26-29H2. The second-order valence-corrected chi connectivity index (χ2v) is 15.4. The molecule has 0 N–H and O–H groups in total. The van der Waals surface area contributed by atoms with Crippen LogP contribution >= 0.6 is 11.3 Å². The van der Waals surface area contributed by atoms with Crippen LogP contribution < -0.4 is 9.80 Å². The van der Waals surface area contributed by atoms with Crippen LogP contribution in [-0.2, 0) is 0 Å². The van der Waals surface area contributed by atoms with Crippen molar-refractivity contribution in [3.8, 4) is 32.8 Å². The number of para-hydroxylation sites is 1. The van der Waals surface area contributed by atoms with Crippen LogP contribution in [0.3, 0.4) is 0 Å². The Morgan fingerprint density at radius 3 is 1.75 bits per heavy atom. The van der Waals surface area contributed by atoms with Crippen molar-refractivity contribution in [3.05, 3.63) is 127 Å². The molecule has 0 unspecified atom stereocenters. The van der Waals surface area contributed by atoms with E-state index in [0.29, 0.717) is 0 Å². The van der Waals surface area contributed by atoms with Crippen molar-refractivity contribution in [1.82, 2.24) is 4.98 Å². The van der Waals surface area contributed by atoms with Gasteiger partial charge in [-0.2, -0.15) is 0 Å². The number of hydrogen-bond donors (Lipinski definition) is 0. The summed E-state index contributed by atoms with van der Waals surface area (Å²) in [5.41, 5.74) is 10.1. The summed E-state index contributed by atoms with van der Waals surface area (Å²) in [5.74, 6) is 0.